The molecule has 106 valence electrons. The second-order valence-electron chi connectivity index (χ2n) is 5.34. The maximum atomic E-state index is 9.41. The van der Waals surface area contributed by atoms with Crippen LogP contribution in [0.15, 0.2) is 30.3 Å². The van der Waals surface area contributed by atoms with E-state index in [1.54, 1.807) is 11.3 Å². The topological polar surface area (TPSA) is 36.4 Å². The highest BCUT2D eigenvalue weighted by Gasteiger charge is 2.25. The Hall–Kier alpha value is -1.23. The lowest BCUT2D eigenvalue weighted by Crippen LogP contribution is -2.31. The van der Waals surface area contributed by atoms with Gasteiger partial charge >= 0.3 is 0 Å². The summed E-state index contributed by atoms with van der Waals surface area (Å²) in [7, 11) is 0. The first-order valence-corrected chi connectivity index (χ1v) is 7.96. The predicted octanol–water partition coefficient (Wildman–Crippen LogP) is 3.08. The Labute approximate surface area is 123 Å². The van der Waals surface area contributed by atoms with E-state index in [2.05, 4.69) is 24.0 Å². The molecule has 1 N–H and O–H groups in total. The molecule has 2 heterocycles. The van der Waals surface area contributed by atoms with Crippen molar-refractivity contribution >= 4 is 11.3 Å². The Balaban J connectivity index is 1.79. The van der Waals surface area contributed by atoms with Crippen molar-refractivity contribution in [3.05, 3.63) is 40.9 Å². The average Bonchev–Trinajstić information content (AvgIpc) is 3.07. The van der Waals surface area contributed by atoms with Crippen molar-refractivity contribution in [3.63, 3.8) is 0 Å². The lowest BCUT2D eigenvalue weighted by Gasteiger charge is -2.21. The fourth-order valence-corrected chi connectivity index (χ4v) is 3.87. The summed E-state index contributed by atoms with van der Waals surface area (Å²) in [4.78, 5) is 8.41. The Morgan fingerprint density at radius 2 is 2.15 bits per heavy atom. The van der Waals surface area contributed by atoms with E-state index in [0.29, 0.717) is 6.04 Å². The molecule has 1 aliphatic heterocycles. The van der Waals surface area contributed by atoms with Crippen molar-refractivity contribution in [1.29, 1.82) is 0 Å². The molecule has 1 atom stereocenters. The van der Waals surface area contributed by atoms with Crippen LogP contribution in [0.5, 0.6) is 0 Å². The normalized spacial score (nSPS) is 19.6. The lowest BCUT2D eigenvalue weighted by atomic mass is 10.2. The third-order valence-corrected chi connectivity index (χ3v) is 5.16. The van der Waals surface area contributed by atoms with Gasteiger partial charge in [0.25, 0.3) is 0 Å². The second kappa shape index (κ2) is 6.04. The highest BCUT2D eigenvalue weighted by molar-refractivity contribution is 7.15. The SMILES string of the molecule is Cc1nc(-c2ccccc2)sc1CN1CCC[C@@H]1CO. The van der Waals surface area contributed by atoms with Gasteiger partial charge in [-0.3, -0.25) is 4.90 Å². The van der Waals surface area contributed by atoms with Gasteiger partial charge in [0.2, 0.25) is 0 Å². The van der Waals surface area contributed by atoms with Gasteiger partial charge in [0.1, 0.15) is 5.01 Å². The maximum absolute atomic E-state index is 9.41. The molecule has 1 saturated heterocycles. The van der Waals surface area contributed by atoms with E-state index in [9.17, 15) is 5.11 Å². The minimum Gasteiger partial charge on any atom is -0.395 e. The number of hydrogen-bond acceptors (Lipinski definition) is 4. The van der Waals surface area contributed by atoms with Gasteiger partial charge in [-0.1, -0.05) is 30.3 Å². The van der Waals surface area contributed by atoms with Crippen molar-refractivity contribution in [2.75, 3.05) is 13.2 Å². The predicted molar refractivity (Wildman–Crippen MR) is 82.8 cm³/mol. The molecule has 2 aromatic rings. The van der Waals surface area contributed by atoms with Crippen molar-refractivity contribution in [1.82, 2.24) is 9.88 Å². The number of aliphatic hydroxyl groups is 1. The van der Waals surface area contributed by atoms with Crippen LogP contribution in [0.3, 0.4) is 0 Å². The Morgan fingerprint density at radius 3 is 2.90 bits per heavy atom. The van der Waals surface area contributed by atoms with E-state index in [1.807, 2.05) is 18.2 Å². The van der Waals surface area contributed by atoms with Crippen LogP contribution in [0, 0.1) is 6.92 Å². The summed E-state index contributed by atoms with van der Waals surface area (Å²) < 4.78 is 0. The molecule has 0 saturated carbocycles. The number of hydrogen-bond donors (Lipinski definition) is 1. The third kappa shape index (κ3) is 2.77. The van der Waals surface area contributed by atoms with Gasteiger partial charge in [-0.15, -0.1) is 11.3 Å². The van der Waals surface area contributed by atoms with Crippen LogP contribution in [0.2, 0.25) is 0 Å². The first kappa shape index (κ1) is 13.7. The van der Waals surface area contributed by atoms with E-state index in [0.717, 1.165) is 30.2 Å². The fraction of sp³-hybridized carbons (Fsp3) is 0.438. The standard InChI is InChI=1S/C16H20N2OS/c1-12-15(10-18-9-5-8-14(18)11-19)20-16(17-12)13-6-3-2-4-7-13/h2-4,6-7,14,19H,5,8-11H2,1H3/t14-/m1/s1. The molecule has 3 rings (SSSR count). The monoisotopic (exact) mass is 288 g/mol. The van der Waals surface area contributed by atoms with Crippen LogP contribution >= 0.6 is 11.3 Å². The Morgan fingerprint density at radius 1 is 1.35 bits per heavy atom. The summed E-state index contributed by atoms with van der Waals surface area (Å²) in [5.41, 5.74) is 2.31. The highest BCUT2D eigenvalue weighted by Crippen LogP contribution is 2.30. The van der Waals surface area contributed by atoms with Gasteiger partial charge in [-0.05, 0) is 26.3 Å². The molecule has 1 aromatic heterocycles. The Kier molecular flexibility index (Phi) is 4.15. The van der Waals surface area contributed by atoms with Crippen molar-refractivity contribution in [3.8, 4) is 10.6 Å². The van der Waals surface area contributed by atoms with Crippen LogP contribution in [-0.4, -0.2) is 34.2 Å². The number of rotatable bonds is 4. The van der Waals surface area contributed by atoms with E-state index in [1.165, 1.54) is 16.9 Å². The molecule has 1 fully saturated rings. The zero-order valence-corrected chi connectivity index (χ0v) is 12.6. The summed E-state index contributed by atoms with van der Waals surface area (Å²) >= 11 is 1.78. The number of benzene rings is 1. The van der Waals surface area contributed by atoms with E-state index in [-0.39, 0.29) is 6.61 Å². The van der Waals surface area contributed by atoms with Gasteiger partial charge < -0.3 is 5.11 Å². The van der Waals surface area contributed by atoms with Crippen LogP contribution in [-0.2, 0) is 6.54 Å². The third-order valence-electron chi connectivity index (χ3n) is 3.97. The van der Waals surface area contributed by atoms with Gasteiger partial charge in [0, 0.05) is 23.0 Å². The van der Waals surface area contributed by atoms with E-state index >= 15 is 0 Å². The number of aromatic nitrogens is 1. The van der Waals surface area contributed by atoms with Gasteiger partial charge in [0.15, 0.2) is 0 Å². The fourth-order valence-electron chi connectivity index (χ4n) is 2.77. The first-order chi connectivity index (χ1) is 9.78. The molecule has 0 spiro atoms. The molecule has 4 heteroatoms. The molecule has 20 heavy (non-hydrogen) atoms. The zero-order valence-electron chi connectivity index (χ0n) is 11.7. The number of nitrogens with zero attached hydrogens (tertiary/aromatic N) is 2. The smallest absolute Gasteiger partial charge is 0.123 e. The number of aryl methyl sites for hydroxylation is 1. The summed E-state index contributed by atoms with van der Waals surface area (Å²) in [6.07, 6.45) is 2.30. The van der Waals surface area contributed by atoms with Crippen molar-refractivity contribution in [2.45, 2.75) is 32.4 Å². The largest absolute Gasteiger partial charge is 0.395 e. The Bertz CT molecular complexity index is 567. The van der Waals surface area contributed by atoms with Crippen LogP contribution in [0.4, 0.5) is 0 Å². The van der Waals surface area contributed by atoms with E-state index in [4.69, 9.17) is 4.98 Å². The number of likely N-dealkylation sites (tertiary alicyclic amines) is 1. The lowest BCUT2D eigenvalue weighted by molar-refractivity contribution is 0.154. The summed E-state index contributed by atoms with van der Waals surface area (Å²) in [6.45, 7) is 4.36. The molecule has 3 nitrogen and oxygen atoms in total. The minimum atomic E-state index is 0.267. The summed E-state index contributed by atoms with van der Waals surface area (Å²) in [6, 6.07) is 10.7. The molecule has 0 amide bonds. The molecule has 1 aliphatic rings. The highest BCUT2D eigenvalue weighted by atomic mass is 32.1. The average molecular weight is 288 g/mol. The summed E-state index contributed by atoms with van der Waals surface area (Å²) in [5, 5.41) is 10.5. The van der Waals surface area contributed by atoms with Gasteiger partial charge in [0.05, 0.1) is 12.3 Å². The maximum Gasteiger partial charge on any atom is 0.123 e. The molecule has 0 bridgehead atoms. The minimum absolute atomic E-state index is 0.267. The van der Waals surface area contributed by atoms with Crippen LogP contribution in [0.1, 0.15) is 23.4 Å². The molecule has 0 aliphatic carbocycles. The molecular formula is C16H20N2OS. The molecular weight excluding hydrogens is 268 g/mol. The van der Waals surface area contributed by atoms with Gasteiger partial charge in [-0.2, -0.15) is 0 Å². The quantitative estimate of drug-likeness (QED) is 0.939. The van der Waals surface area contributed by atoms with Crippen molar-refractivity contribution in [2.24, 2.45) is 0 Å². The molecule has 0 unspecified atom stereocenters. The summed E-state index contributed by atoms with van der Waals surface area (Å²) in [5.74, 6) is 0. The van der Waals surface area contributed by atoms with E-state index < -0.39 is 0 Å². The second-order valence-corrected chi connectivity index (χ2v) is 6.43. The van der Waals surface area contributed by atoms with Crippen LogP contribution < -0.4 is 0 Å². The van der Waals surface area contributed by atoms with Crippen molar-refractivity contribution < 1.29 is 5.11 Å². The zero-order chi connectivity index (χ0) is 13.9. The first-order valence-electron chi connectivity index (χ1n) is 7.14. The molecule has 1 aromatic carbocycles. The van der Waals surface area contributed by atoms with Gasteiger partial charge in [-0.25, -0.2) is 4.98 Å². The molecule has 0 radical (unpaired) electrons. The number of aliphatic hydroxyl groups excluding tert-OH is 1. The van der Waals surface area contributed by atoms with Crippen LogP contribution in [0.25, 0.3) is 10.6 Å². The number of thiazole rings is 1.